The number of nitrogens with zero attached hydrogens (tertiary/aromatic N) is 2. The average molecular weight is 442 g/mol. The van der Waals surface area contributed by atoms with Crippen LogP contribution in [0.3, 0.4) is 0 Å². The Bertz CT molecular complexity index is 1200. The van der Waals surface area contributed by atoms with Gasteiger partial charge >= 0.3 is 6.03 Å². The number of aromatic nitrogens is 3. The van der Waals surface area contributed by atoms with Gasteiger partial charge in [-0.2, -0.15) is 5.10 Å². The molecule has 0 saturated heterocycles. The summed E-state index contributed by atoms with van der Waals surface area (Å²) in [7, 11) is 0. The van der Waals surface area contributed by atoms with E-state index in [1.54, 1.807) is 22.9 Å². The van der Waals surface area contributed by atoms with Gasteiger partial charge in [0.05, 0.1) is 27.1 Å². The first-order valence-corrected chi connectivity index (χ1v) is 10.5. The number of amides is 2. The molecule has 30 heavy (non-hydrogen) atoms. The Balaban J connectivity index is 1.63. The average Bonchev–Trinajstić information content (AvgIpc) is 3.36. The van der Waals surface area contributed by atoms with Gasteiger partial charge in [0.15, 0.2) is 0 Å². The highest BCUT2D eigenvalue weighted by molar-refractivity contribution is 6.44. The Morgan fingerprint density at radius 3 is 2.83 bits per heavy atom. The molecule has 0 aliphatic rings. The fourth-order valence-electron chi connectivity index (χ4n) is 3.24. The zero-order chi connectivity index (χ0) is 21.1. The van der Waals surface area contributed by atoms with E-state index in [9.17, 15) is 4.79 Å². The number of rotatable bonds is 6. The number of H-pyrrole nitrogens is 1. The summed E-state index contributed by atoms with van der Waals surface area (Å²) in [6, 6.07) is 14.5. The predicted molar refractivity (Wildman–Crippen MR) is 123 cm³/mol. The Kier molecular flexibility index (Phi) is 5.97. The number of anilines is 2. The fourth-order valence-corrected chi connectivity index (χ4v) is 3.59. The number of unbranched alkanes of at least 4 members (excludes halogenated alkanes) is 1. The molecule has 0 radical (unpaired) electrons. The molecule has 0 atom stereocenters. The molecule has 0 saturated carbocycles. The Morgan fingerprint density at radius 2 is 2.00 bits per heavy atom. The quantitative estimate of drug-likeness (QED) is 0.313. The molecular formula is C22H21Cl2N5O. The van der Waals surface area contributed by atoms with E-state index in [-0.39, 0.29) is 0 Å². The zero-order valence-corrected chi connectivity index (χ0v) is 17.9. The summed E-state index contributed by atoms with van der Waals surface area (Å²) in [5, 5.41) is 12.1. The smallest absolute Gasteiger partial charge is 0.324 e. The van der Waals surface area contributed by atoms with Crippen molar-refractivity contribution in [3.8, 4) is 5.69 Å². The minimum absolute atomic E-state index is 0.296. The number of hydrogen-bond donors (Lipinski definition) is 3. The van der Waals surface area contributed by atoms with Gasteiger partial charge < -0.3 is 10.3 Å². The van der Waals surface area contributed by atoms with Crippen molar-refractivity contribution in [3.63, 3.8) is 0 Å². The molecule has 154 valence electrons. The van der Waals surface area contributed by atoms with Crippen molar-refractivity contribution in [1.82, 2.24) is 14.8 Å². The highest BCUT2D eigenvalue weighted by atomic mass is 35.5. The van der Waals surface area contributed by atoms with Crippen molar-refractivity contribution in [2.24, 2.45) is 0 Å². The SMILES string of the molecule is CCCCc1cc(NC(=O)Nc2cccc(Cl)c2Cl)n(-c2ccc3[nH]ccc3c2)n1. The van der Waals surface area contributed by atoms with E-state index in [4.69, 9.17) is 28.3 Å². The van der Waals surface area contributed by atoms with Crippen LogP contribution in [-0.2, 0) is 6.42 Å². The van der Waals surface area contributed by atoms with Crippen LogP contribution in [0, 0.1) is 0 Å². The topological polar surface area (TPSA) is 74.7 Å². The number of aromatic amines is 1. The lowest BCUT2D eigenvalue weighted by atomic mass is 10.2. The Hall–Kier alpha value is -2.96. The summed E-state index contributed by atoms with van der Waals surface area (Å²) in [6.07, 6.45) is 4.83. The second kappa shape index (κ2) is 8.81. The second-order valence-corrected chi connectivity index (χ2v) is 7.75. The molecule has 0 bridgehead atoms. The molecule has 4 rings (SSSR count). The van der Waals surface area contributed by atoms with E-state index < -0.39 is 6.03 Å². The van der Waals surface area contributed by atoms with Crippen molar-refractivity contribution in [2.45, 2.75) is 26.2 Å². The third-order valence-corrected chi connectivity index (χ3v) is 5.59. The van der Waals surface area contributed by atoms with Crippen molar-refractivity contribution in [3.05, 3.63) is 70.5 Å². The molecule has 0 aliphatic heterocycles. The van der Waals surface area contributed by atoms with Crippen molar-refractivity contribution >= 4 is 51.6 Å². The number of nitrogens with one attached hydrogen (secondary N) is 3. The van der Waals surface area contributed by atoms with Gasteiger partial charge in [0, 0.05) is 23.2 Å². The largest absolute Gasteiger partial charge is 0.361 e. The lowest BCUT2D eigenvalue weighted by Crippen LogP contribution is -2.21. The number of carbonyl (C=O) groups excluding carboxylic acids is 1. The first-order chi connectivity index (χ1) is 14.5. The van der Waals surface area contributed by atoms with Crippen LogP contribution in [0.2, 0.25) is 10.0 Å². The molecule has 0 aliphatic carbocycles. The number of hydrogen-bond acceptors (Lipinski definition) is 2. The highest BCUT2D eigenvalue weighted by Crippen LogP contribution is 2.30. The van der Waals surface area contributed by atoms with Crippen molar-refractivity contribution in [1.29, 1.82) is 0 Å². The van der Waals surface area contributed by atoms with Gasteiger partial charge in [-0.3, -0.25) is 5.32 Å². The molecule has 0 spiro atoms. The maximum Gasteiger partial charge on any atom is 0.324 e. The van der Waals surface area contributed by atoms with Crippen LogP contribution in [-0.4, -0.2) is 20.8 Å². The van der Waals surface area contributed by atoms with Crippen molar-refractivity contribution in [2.75, 3.05) is 10.6 Å². The third-order valence-electron chi connectivity index (χ3n) is 4.77. The molecule has 3 N–H and O–H groups in total. The number of carbonyl (C=O) groups is 1. The summed E-state index contributed by atoms with van der Waals surface area (Å²) in [4.78, 5) is 15.8. The maximum absolute atomic E-state index is 12.7. The lowest BCUT2D eigenvalue weighted by Gasteiger charge is -2.11. The van der Waals surface area contributed by atoms with Gasteiger partial charge in [-0.1, -0.05) is 42.6 Å². The predicted octanol–water partition coefficient (Wildman–Crippen LogP) is 6.65. The Labute approximate surface area is 184 Å². The minimum atomic E-state index is -0.426. The number of aryl methyl sites for hydroxylation is 1. The lowest BCUT2D eigenvalue weighted by molar-refractivity contribution is 0.262. The van der Waals surface area contributed by atoms with Gasteiger partial charge in [0.25, 0.3) is 0 Å². The maximum atomic E-state index is 12.7. The normalized spacial score (nSPS) is 11.0. The second-order valence-electron chi connectivity index (χ2n) is 6.97. The van der Waals surface area contributed by atoms with Crippen LogP contribution in [0.25, 0.3) is 16.6 Å². The van der Waals surface area contributed by atoms with E-state index >= 15 is 0 Å². The van der Waals surface area contributed by atoms with Gasteiger partial charge in [-0.05, 0) is 49.2 Å². The summed E-state index contributed by atoms with van der Waals surface area (Å²) in [5.74, 6) is 0.576. The molecule has 2 aromatic heterocycles. The molecule has 2 aromatic carbocycles. The number of benzene rings is 2. The van der Waals surface area contributed by atoms with Gasteiger partial charge in [-0.15, -0.1) is 0 Å². The summed E-state index contributed by atoms with van der Waals surface area (Å²) < 4.78 is 1.75. The standard InChI is InChI=1S/C22H21Cl2N5O/c1-2-3-5-15-13-20(27-22(30)26-19-7-4-6-17(23)21(19)24)29(28-15)16-8-9-18-14(12-16)10-11-25-18/h4,6-13,25H,2-3,5H2,1H3,(H2,26,27,30). The molecule has 2 heterocycles. The van der Waals surface area contributed by atoms with E-state index in [1.165, 1.54) is 0 Å². The van der Waals surface area contributed by atoms with Gasteiger partial charge in [0.1, 0.15) is 5.82 Å². The van der Waals surface area contributed by atoms with Crippen LogP contribution >= 0.6 is 23.2 Å². The van der Waals surface area contributed by atoms with Crippen LogP contribution in [0.15, 0.2) is 54.7 Å². The molecule has 6 nitrogen and oxygen atoms in total. The summed E-state index contributed by atoms with van der Waals surface area (Å²) in [6.45, 7) is 2.14. The van der Waals surface area contributed by atoms with Gasteiger partial charge in [0.2, 0.25) is 0 Å². The molecule has 4 aromatic rings. The van der Waals surface area contributed by atoms with Crippen LogP contribution in [0.1, 0.15) is 25.5 Å². The number of fused-ring (bicyclic) bond motifs is 1. The van der Waals surface area contributed by atoms with E-state index in [1.807, 2.05) is 36.5 Å². The van der Waals surface area contributed by atoms with Crippen LogP contribution < -0.4 is 10.6 Å². The summed E-state index contributed by atoms with van der Waals surface area (Å²) in [5.41, 5.74) is 3.26. The fraction of sp³-hybridized carbons (Fsp3) is 0.182. The molecule has 0 fully saturated rings. The number of halogens is 2. The van der Waals surface area contributed by atoms with E-state index in [0.29, 0.717) is 21.6 Å². The van der Waals surface area contributed by atoms with Gasteiger partial charge in [-0.25, -0.2) is 9.48 Å². The molecular weight excluding hydrogens is 421 g/mol. The van der Waals surface area contributed by atoms with Crippen LogP contribution in [0.4, 0.5) is 16.3 Å². The summed E-state index contributed by atoms with van der Waals surface area (Å²) >= 11 is 12.2. The molecule has 0 unspecified atom stereocenters. The van der Waals surface area contributed by atoms with Crippen LogP contribution in [0.5, 0.6) is 0 Å². The van der Waals surface area contributed by atoms with E-state index in [0.717, 1.165) is 41.5 Å². The minimum Gasteiger partial charge on any atom is -0.361 e. The van der Waals surface area contributed by atoms with E-state index in [2.05, 4.69) is 22.5 Å². The third kappa shape index (κ3) is 4.30. The zero-order valence-electron chi connectivity index (χ0n) is 16.4. The first kappa shape index (κ1) is 20.3. The Morgan fingerprint density at radius 1 is 1.13 bits per heavy atom. The first-order valence-electron chi connectivity index (χ1n) is 9.73. The number of urea groups is 1. The van der Waals surface area contributed by atoms with Crippen molar-refractivity contribution < 1.29 is 4.79 Å². The monoisotopic (exact) mass is 441 g/mol. The highest BCUT2D eigenvalue weighted by Gasteiger charge is 2.14. The molecule has 2 amide bonds. The molecule has 8 heteroatoms.